The van der Waals surface area contributed by atoms with Gasteiger partial charge in [0.2, 0.25) is 11.0 Å². The molecule has 1 saturated carbocycles. The molecule has 1 N–H and O–H groups in total. The van der Waals surface area contributed by atoms with E-state index in [9.17, 15) is 4.79 Å². The molecule has 2 heterocycles. The van der Waals surface area contributed by atoms with E-state index in [-0.39, 0.29) is 11.7 Å². The Kier molecular flexibility index (Phi) is 4.98. The van der Waals surface area contributed by atoms with Crippen molar-refractivity contribution in [3.8, 4) is 0 Å². The molecule has 1 aromatic carbocycles. The van der Waals surface area contributed by atoms with Gasteiger partial charge in [-0.15, -0.1) is 20.4 Å². The van der Waals surface area contributed by atoms with Gasteiger partial charge in [-0.3, -0.25) is 10.1 Å². The van der Waals surface area contributed by atoms with Crippen LogP contribution >= 0.6 is 23.1 Å². The molecule has 0 radical (unpaired) electrons. The van der Waals surface area contributed by atoms with Crippen LogP contribution in [0.4, 0.5) is 5.13 Å². The summed E-state index contributed by atoms with van der Waals surface area (Å²) in [5.41, 5.74) is 1.17. The van der Waals surface area contributed by atoms with Gasteiger partial charge in [0.05, 0.1) is 12.3 Å². The van der Waals surface area contributed by atoms with Crippen molar-refractivity contribution in [3.63, 3.8) is 0 Å². The molecule has 0 bridgehead atoms. The Morgan fingerprint density at radius 1 is 1.23 bits per heavy atom. The fraction of sp³-hybridized carbons (Fsp3) is 0.353. The van der Waals surface area contributed by atoms with Gasteiger partial charge in [0, 0.05) is 5.92 Å². The van der Waals surface area contributed by atoms with Crippen LogP contribution in [0.5, 0.6) is 0 Å². The molecule has 3 aromatic rings. The third-order valence-corrected chi connectivity index (χ3v) is 6.00. The Balaban J connectivity index is 1.35. The summed E-state index contributed by atoms with van der Waals surface area (Å²) < 4.78 is 2.02. The first-order valence-electron chi connectivity index (χ1n) is 8.39. The van der Waals surface area contributed by atoms with E-state index >= 15 is 0 Å². The van der Waals surface area contributed by atoms with Crippen LogP contribution in [0.1, 0.15) is 35.2 Å². The SMILES string of the molecule is Cc1nnc(SCC(=O)Nc2nnc(C3CC3)s2)n1Cc1ccccc1. The summed E-state index contributed by atoms with van der Waals surface area (Å²) >= 11 is 2.84. The number of rotatable bonds is 7. The van der Waals surface area contributed by atoms with Crippen LogP contribution in [-0.2, 0) is 11.3 Å². The zero-order chi connectivity index (χ0) is 17.9. The monoisotopic (exact) mass is 386 g/mol. The van der Waals surface area contributed by atoms with E-state index in [4.69, 9.17) is 0 Å². The Morgan fingerprint density at radius 3 is 2.81 bits per heavy atom. The Labute approximate surface area is 159 Å². The van der Waals surface area contributed by atoms with Crippen molar-refractivity contribution < 1.29 is 4.79 Å². The van der Waals surface area contributed by atoms with Crippen LogP contribution in [0.3, 0.4) is 0 Å². The number of nitrogens with one attached hydrogen (secondary N) is 1. The number of hydrogen-bond donors (Lipinski definition) is 1. The molecule has 26 heavy (non-hydrogen) atoms. The molecule has 134 valence electrons. The third kappa shape index (κ3) is 4.10. The minimum Gasteiger partial charge on any atom is -0.302 e. The van der Waals surface area contributed by atoms with Gasteiger partial charge in [-0.05, 0) is 25.3 Å². The lowest BCUT2D eigenvalue weighted by atomic mass is 10.2. The zero-order valence-electron chi connectivity index (χ0n) is 14.3. The largest absolute Gasteiger partial charge is 0.302 e. The molecule has 1 aliphatic rings. The van der Waals surface area contributed by atoms with Crippen molar-refractivity contribution in [1.82, 2.24) is 25.0 Å². The standard InChI is InChI=1S/C17H18N6OS2/c1-11-19-22-17(23(11)9-12-5-3-2-4-6-12)25-10-14(24)18-16-21-20-15(26-16)13-7-8-13/h2-6,13H,7-10H2,1H3,(H,18,21,24). The minimum atomic E-state index is -0.111. The number of hydrogen-bond acceptors (Lipinski definition) is 7. The molecule has 7 nitrogen and oxygen atoms in total. The lowest BCUT2D eigenvalue weighted by Gasteiger charge is -2.08. The maximum Gasteiger partial charge on any atom is 0.236 e. The second-order valence-electron chi connectivity index (χ2n) is 6.16. The van der Waals surface area contributed by atoms with Gasteiger partial charge in [0.15, 0.2) is 5.16 Å². The van der Waals surface area contributed by atoms with E-state index in [1.165, 1.54) is 41.5 Å². The Hall–Kier alpha value is -2.26. The highest BCUT2D eigenvalue weighted by atomic mass is 32.2. The summed E-state index contributed by atoms with van der Waals surface area (Å²) in [5.74, 6) is 1.52. The second-order valence-corrected chi connectivity index (χ2v) is 8.11. The van der Waals surface area contributed by atoms with Crippen molar-refractivity contribution >= 4 is 34.1 Å². The highest BCUT2D eigenvalue weighted by Gasteiger charge is 2.27. The summed E-state index contributed by atoms with van der Waals surface area (Å²) in [6, 6.07) is 10.1. The van der Waals surface area contributed by atoms with E-state index in [0.717, 1.165) is 16.0 Å². The van der Waals surface area contributed by atoms with E-state index < -0.39 is 0 Å². The first-order valence-corrected chi connectivity index (χ1v) is 10.2. The van der Waals surface area contributed by atoms with Crippen molar-refractivity contribution in [2.75, 3.05) is 11.1 Å². The number of aryl methyl sites for hydroxylation is 1. The van der Waals surface area contributed by atoms with E-state index in [1.54, 1.807) is 0 Å². The fourth-order valence-corrected chi connectivity index (χ4v) is 4.19. The van der Waals surface area contributed by atoms with Gasteiger partial charge in [-0.25, -0.2) is 0 Å². The lowest BCUT2D eigenvalue weighted by Crippen LogP contribution is -2.14. The van der Waals surface area contributed by atoms with Gasteiger partial charge in [-0.2, -0.15) is 0 Å². The van der Waals surface area contributed by atoms with Crippen molar-refractivity contribution in [2.45, 2.75) is 37.4 Å². The molecule has 0 aliphatic heterocycles. The topological polar surface area (TPSA) is 85.6 Å². The summed E-state index contributed by atoms with van der Waals surface area (Å²) in [5, 5.41) is 21.7. The molecule has 9 heteroatoms. The summed E-state index contributed by atoms with van der Waals surface area (Å²) in [6.45, 7) is 2.60. The maximum atomic E-state index is 12.2. The normalized spacial score (nSPS) is 13.7. The molecule has 1 amide bonds. The van der Waals surface area contributed by atoms with Gasteiger partial charge in [0.1, 0.15) is 10.8 Å². The maximum absolute atomic E-state index is 12.2. The zero-order valence-corrected chi connectivity index (χ0v) is 15.9. The number of anilines is 1. The summed E-state index contributed by atoms with van der Waals surface area (Å²) in [7, 11) is 0. The number of carbonyl (C=O) groups excluding carboxylic acids is 1. The Bertz CT molecular complexity index is 903. The van der Waals surface area contributed by atoms with Crippen LogP contribution in [0, 0.1) is 6.92 Å². The molecule has 0 unspecified atom stereocenters. The van der Waals surface area contributed by atoms with Crippen LogP contribution in [-0.4, -0.2) is 36.6 Å². The average Bonchev–Trinajstić information content (AvgIpc) is 3.31. The minimum absolute atomic E-state index is 0.111. The number of nitrogens with zero attached hydrogens (tertiary/aromatic N) is 5. The second kappa shape index (κ2) is 7.55. The number of benzene rings is 1. The molecule has 0 atom stereocenters. The third-order valence-electron chi connectivity index (χ3n) is 4.03. The fourth-order valence-electron chi connectivity index (χ4n) is 2.48. The lowest BCUT2D eigenvalue weighted by molar-refractivity contribution is -0.113. The number of amides is 1. The molecule has 4 rings (SSSR count). The number of carbonyl (C=O) groups is 1. The quantitative estimate of drug-likeness (QED) is 0.628. The van der Waals surface area contributed by atoms with Crippen LogP contribution < -0.4 is 5.32 Å². The van der Waals surface area contributed by atoms with Crippen molar-refractivity contribution in [3.05, 3.63) is 46.7 Å². The highest BCUT2D eigenvalue weighted by molar-refractivity contribution is 7.99. The molecular formula is C17H18N6OS2. The van der Waals surface area contributed by atoms with Crippen LogP contribution in [0.2, 0.25) is 0 Å². The molecule has 2 aromatic heterocycles. The van der Waals surface area contributed by atoms with Crippen LogP contribution in [0.15, 0.2) is 35.5 Å². The molecule has 1 aliphatic carbocycles. The predicted octanol–water partition coefficient (Wildman–Crippen LogP) is 3.09. The van der Waals surface area contributed by atoms with Gasteiger partial charge in [0.25, 0.3) is 0 Å². The molecule has 1 fully saturated rings. The van der Waals surface area contributed by atoms with Crippen molar-refractivity contribution in [1.29, 1.82) is 0 Å². The van der Waals surface area contributed by atoms with Gasteiger partial charge < -0.3 is 4.57 Å². The van der Waals surface area contributed by atoms with Crippen molar-refractivity contribution in [2.24, 2.45) is 0 Å². The van der Waals surface area contributed by atoms with E-state index in [0.29, 0.717) is 17.6 Å². The highest BCUT2D eigenvalue weighted by Crippen LogP contribution is 2.42. The smallest absolute Gasteiger partial charge is 0.236 e. The number of aromatic nitrogens is 5. The summed E-state index contributed by atoms with van der Waals surface area (Å²) in [4.78, 5) is 12.2. The van der Waals surface area contributed by atoms with Gasteiger partial charge >= 0.3 is 0 Å². The molecular weight excluding hydrogens is 368 g/mol. The Morgan fingerprint density at radius 2 is 2.04 bits per heavy atom. The number of thioether (sulfide) groups is 1. The van der Waals surface area contributed by atoms with E-state index in [2.05, 4.69) is 37.8 Å². The van der Waals surface area contributed by atoms with Crippen LogP contribution in [0.25, 0.3) is 0 Å². The first kappa shape index (κ1) is 17.2. The molecule has 0 saturated heterocycles. The molecule has 0 spiro atoms. The average molecular weight is 387 g/mol. The predicted molar refractivity (Wildman–Crippen MR) is 102 cm³/mol. The first-order chi connectivity index (χ1) is 12.7. The van der Waals surface area contributed by atoms with Gasteiger partial charge in [-0.1, -0.05) is 53.4 Å². The van der Waals surface area contributed by atoms with E-state index in [1.807, 2.05) is 29.7 Å². The summed E-state index contributed by atoms with van der Waals surface area (Å²) in [6.07, 6.45) is 2.35.